The Morgan fingerprint density at radius 3 is 2.65 bits per heavy atom. The smallest absolute Gasteiger partial charge is 0.256 e. The van der Waals surface area contributed by atoms with Gasteiger partial charge in [0, 0.05) is 22.4 Å². The molecule has 1 amide bonds. The molecule has 0 aromatic heterocycles. The summed E-state index contributed by atoms with van der Waals surface area (Å²) in [5.74, 6) is 0.441. The van der Waals surface area contributed by atoms with Crippen LogP contribution in [0.3, 0.4) is 0 Å². The van der Waals surface area contributed by atoms with Crippen LogP contribution in [0.2, 0.25) is 0 Å². The van der Waals surface area contributed by atoms with Gasteiger partial charge in [0.25, 0.3) is 5.91 Å². The number of methoxy groups -OCH3 is 1. The summed E-state index contributed by atoms with van der Waals surface area (Å²) in [6.45, 7) is 4.21. The highest BCUT2D eigenvalue weighted by Crippen LogP contribution is 2.35. The second-order valence-electron chi connectivity index (χ2n) is 5.86. The van der Waals surface area contributed by atoms with E-state index in [-0.39, 0.29) is 11.7 Å². The fourth-order valence-electron chi connectivity index (χ4n) is 2.68. The molecule has 1 heterocycles. The van der Waals surface area contributed by atoms with Crippen molar-refractivity contribution in [2.75, 3.05) is 12.4 Å². The van der Waals surface area contributed by atoms with E-state index in [1.807, 2.05) is 18.2 Å². The third-order valence-electron chi connectivity index (χ3n) is 3.98. The Morgan fingerprint density at radius 2 is 1.96 bits per heavy atom. The summed E-state index contributed by atoms with van der Waals surface area (Å²) >= 11 is 0. The Morgan fingerprint density at radius 1 is 1.17 bits per heavy atom. The Bertz CT molecular complexity index is 809. The molecule has 118 valence electrons. The molecule has 4 heteroatoms. The molecule has 1 N–H and O–H groups in total. The van der Waals surface area contributed by atoms with E-state index in [2.05, 4.69) is 19.2 Å². The van der Waals surface area contributed by atoms with Crippen molar-refractivity contribution in [3.8, 4) is 5.75 Å². The lowest BCUT2D eigenvalue weighted by molar-refractivity contribution is -0.110. The van der Waals surface area contributed by atoms with Gasteiger partial charge in [-0.3, -0.25) is 4.79 Å². The van der Waals surface area contributed by atoms with Crippen LogP contribution >= 0.6 is 0 Å². The molecule has 0 saturated carbocycles. The maximum Gasteiger partial charge on any atom is 0.256 e. The highest BCUT2D eigenvalue weighted by Gasteiger charge is 2.25. The number of halogens is 1. The normalized spacial score (nSPS) is 15.0. The fourth-order valence-corrected chi connectivity index (χ4v) is 2.68. The van der Waals surface area contributed by atoms with E-state index in [0.29, 0.717) is 28.5 Å². The van der Waals surface area contributed by atoms with Crippen LogP contribution in [-0.2, 0) is 4.79 Å². The number of anilines is 1. The first kappa shape index (κ1) is 15.3. The minimum absolute atomic E-state index is 0.234. The van der Waals surface area contributed by atoms with Gasteiger partial charge in [-0.1, -0.05) is 19.9 Å². The molecule has 0 unspecified atom stereocenters. The van der Waals surface area contributed by atoms with Crippen molar-refractivity contribution in [1.82, 2.24) is 0 Å². The lowest BCUT2D eigenvalue weighted by atomic mass is 9.97. The zero-order valence-electron chi connectivity index (χ0n) is 13.3. The Balaban J connectivity index is 2.14. The Labute approximate surface area is 134 Å². The van der Waals surface area contributed by atoms with E-state index in [1.54, 1.807) is 19.3 Å². The van der Waals surface area contributed by atoms with Gasteiger partial charge in [-0.15, -0.1) is 0 Å². The molecule has 0 radical (unpaired) electrons. The Hall–Kier alpha value is -2.62. The zero-order chi connectivity index (χ0) is 16.6. The summed E-state index contributed by atoms with van der Waals surface area (Å²) in [5.41, 5.74) is 3.60. The van der Waals surface area contributed by atoms with Crippen molar-refractivity contribution in [1.29, 1.82) is 0 Å². The number of amides is 1. The molecule has 2 aromatic rings. The van der Waals surface area contributed by atoms with Crippen molar-refractivity contribution in [3.05, 3.63) is 58.9 Å². The van der Waals surface area contributed by atoms with Crippen molar-refractivity contribution < 1.29 is 13.9 Å². The molecule has 3 nitrogen and oxygen atoms in total. The largest absolute Gasteiger partial charge is 0.496 e. The van der Waals surface area contributed by atoms with Gasteiger partial charge < -0.3 is 10.1 Å². The number of hydrogen-bond acceptors (Lipinski definition) is 2. The van der Waals surface area contributed by atoms with Gasteiger partial charge in [0.1, 0.15) is 11.6 Å². The van der Waals surface area contributed by atoms with Crippen LogP contribution in [0.1, 0.15) is 36.5 Å². The maximum atomic E-state index is 13.5. The van der Waals surface area contributed by atoms with Crippen LogP contribution in [0.25, 0.3) is 11.6 Å². The average molecular weight is 311 g/mol. The number of nitrogens with one attached hydrogen (secondary N) is 1. The number of hydrogen-bond donors (Lipinski definition) is 1. The van der Waals surface area contributed by atoms with Gasteiger partial charge in [-0.05, 0) is 47.9 Å². The molecule has 0 spiro atoms. The van der Waals surface area contributed by atoms with Crippen LogP contribution in [-0.4, -0.2) is 13.0 Å². The molecular formula is C19H18FNO2. The summed E-state index contributed by atoms with van der Waals surface area (Å²) in [5, 5.41) is 2.76. The third kappa shape index (κ3) is 2.84. The molecule has 0 atom stereocenters. The lowest BCUT2D eigenvalue weighted by Crippen LogP contribution is -2.03. The van der Waals surface area contributed by atoms with E-state index in [4.69, 9.17) is 4.74 Å². The molecule has 0 aliphatic carbocycles. The van der Waals surface area contributed by atoms with E-state index >= 15 is 0 Å². The van der Waals surface area contributed by atoms with E-state index in [0.717, 1.165) is 11.1 Å². The molecule has 3 rings (SSSR count). The third-order valence-corrected chi connectivity index (χ3v) is 3.98. The fraction of sp³-hybridized carbons (Fsp3) is 0.211. The summed E-state index contributed by atoms with van der Waals surface area (Å²) in [6.07, 6.45) is 1.76. The molecule has 0 saturated heterocycles. The number of ether oxygens (including phenoxy) is 1. The first-order chi connectivity index (χ1) is 11.0. The van der Waals surface area contributed by atoms with Gasteiger partial charge in [-0.25, -0.2) is 4.39 Å². The van der Waals surface area contributed by atoms with Crippen LogP contribution in [0.4, 0.5) is 10.1 Å². The highest BCUT2D eigenvalue weighted by atomic mass is 19.1. The van der Waals surface area contributed by atoms with Crippen molar-refractivity contribution in [2.45, 2.75) is 19.8 Å². The minimum atomic E-state index is -0.367. The van der Waals surface area contributed by atoms with Crippen molar-refractivity contribution in [2.24, 2.45) is 0 Å². The summed E-state index contributed by atoms with van der Waals surface area (Å²) in [7, 11) is 1.59. The number of carbonyl (C=O) groups excluding carboxylic acids is 1. The minimum Gasteiger partial charge on any atom is -0.496 e. The van der Waals surface area contributed by atoms with Gasteiger partial charge in [0.05, 0.1) is 7.11 Å². The quantitative estimate of drug-likeness (QED) is 0.850. The van der Waals surface area contributed by atoms with Crippen LogP contribution in [0.5, 0.6) is 5.75 Å². The molecule has 23 heavy (non-hydrogen) atoms. The lowest BCUT2D eigenvalue weighted by Gasteiger charge is -2.11. The molecule has 0 bridgehead atoms. The van der Waals surface area contributed by atoms with Gasteiger partial charge in [0.2, 0.25) is 0 Å². The molecule has 1 aliphatic rings. The molecule has 0 fully saturated rings. The molecule has 2 aromatic carbocycles. The summed E-state index contributed by atoms with van der Waals surface area (Å²) < 4.78 is 18.9. The topological polar surface area (TPSA) is 38.3 Å². The average Bonchev–Trinajstić information content (AvgIpc) is 2.83. The first-order valence-corrected chi connectivity index (χ1v) is 7.50. The maximum absolute atomic E-state index is 13.5. The molecular weight excluding hydrogens is 293 g/mol. The predicted octanol–water partition coefficient (Wildman–Crippen LogP) is 4.45. The summed E-state index contributed by atoms with van der Waals surface area (Å²) in [6, 6.07) is 10.2. The van der Waals surface area contributed by atoms with E-state index < -0.39 is 0 Å². The van der Waals surface area contributed by atoms with Crippen LogP contribution in [0.15, 0.2) is 36.4 Å². The standard InChI is InChI=1S/C19H18FNO2/c1-11(2)12-4-7-18(23-3)13(8-12)9-16-15-10-14(20)5-6-17(15)21-19(16)22/h4-11H,1-3H3,(H,21,22)/b16-9+. The summed E-state index contributed by atoms with van der Waals surface area (Å²) in [4.78, 5) is 12.2. The van der Waals surface area contributed by atoms with Gasteiger partial charge in [-0.2, -0.15) is 0 Å². The Kier molecular flexibility index (Phi) is 3.90. The molecule has 1 aliphatic heterocycles. The highest BCUT2D eigenvalue weighted by molar-refractivity contribution is 6.35. The van der Waals surface area contributed by atoms with Crippen LogP contribution < -0.4 is 10.1 Å². The second kappa shape index (κ2) is 5.88. The zero-order valence-corrected chi connectivity index (χ0v) is 13.3. The number of benzene rings is 2. The number of rotatable bonds is 3. The van der Waals surface area contributed by atoms with Crippen LogP contribution in [0, 0.1) is 5.82 Å². The van der Waals surface area contributed by atoms with Crippen molar-refractivity contribution >= 4 is 23.2 Å². The van der Waals surface area contributed by atoms with E-state index in [1.165, 1.54) is 12.1 Å². The number of fused-ring (bicyclic) bond motifs is 1. The van der Waals surface area contributed by atoms with Crippen molar-refractivity contribution in [3.63, 3.8) is 0 Å². The van der Waals surface area contributed by atoms with Gasteiger partial charge >= 0.3 is 0 Å². The predicted molar refractivity (Wildman–Crippen MR) is 90.0 cm³/mol. The number of carbonyl (C=O) groups is 1. The first-order valence-electron chi connectivity index (χ1n) is 7.50. The SMILES string of the molecule is COc1ccc(C(C)C)cc1/C=C1/C(=O)Nc2ccc(F)cc21. The monoisotopic (exact) mass is 311 g/mol. The van der Waals surface area contributed by atoms with Gasteiger partial charge in [0.15, 0.2) is 0 Å². The second-order valence-corrected chi connectivity index (χ2v) is 5.86. The van der Waals surface area contributed by atoms with E-state index in [9.17, 15) is 9.18 Å².